The van der Waals surface area contributed by atoms with Crippen molar-refractivity contribution in [1.82, 2.24) is 0 Å². The van der Waals surface area contributed by atoms with Crippen LogP contribution in [-0.4, -0.2) is 0 Å². The first kappa shape index (κ1) is 4.24. The number of nitrogens with two attached hydrogens (primary N) is 2. The van der Waals surface area contributed by atoms with Gasteiger partial charge in [-0.25, -0.2) is 0 Å². The molecule has 0 unspecified atom stereocenters. The summed E-state index contributed by atoms with van der Waals surface area (Å²) in [6.07, 6.45) is 4.70. The molecule has 0 amide bonds. The summed E-state index contributed by atoms with van der Waals surface area (Å²) in [4.78, 5) is 0. The van der Waals surface area contributed by atoms with Crippen molar-refractivity contribution in [1.29, 1.82) is 0 Å². The predicted octanol–water partition coefficient (Wildman–Crippen LogP) is 0.0753. The number of hydrogen-bond acceptors (Lipinski definition) is 2. The van der Waals surface area contributed by atoms with Gasteiger partial charge in [-0.1, -0.05) is 12.2 Å². The maximum atomic E-state index is 5.35. The van der Waals surface area contributed by atoms with E-state index in [1.807, 2.05) is 12.2 Å². The van der Waals surface area contributed by atoms with Gasteiger partial charge in [0.25, 0.3) is 0 Å². The number of hydrogen-bond donors (Lipinski definition) is 2. The lowest BCUT2D eigenvalue weighted by Gasteiger charge is -1.89. The molecule has 0 bridgehead atoms. The Morgan fingerprint density at radius 2 is 1.57 bits per heavy atom. The quantitative estimate of drug-likeness (QED) is 0.448. The second kappa shape index (κ2) is 1.30. The van der Waals surface area contributed by atoms with E-state index >= 15 is 0 Å². The minimum absolute atomic E-state index is 0.722. The van der Waals surface area contributed by atoms with Gasteiger partial charge in [0.15, 0.2) is 0 Å². The molecule has 0 fully saturated rings. The second-order valence-electron chi connectivity index (χ2n) is 1.55. The van der Waals surface area contributed by atoms with Gasteiger partial charge in [-0.2, -0.15) is 0 Å². The summed E-state index contributed by atoms with van der Waals surface area (Å²) in [5.74, 6) is 0. The molecule has 7 heavy (non-hydrogen) atoms. The highest BCUT2D eigenvalue weighted by Crippen LogP contribution is 2.06. The summed E-state index contributed by atoms with van der Waals surface area (Å²) in [6, 6.07) is 0. The van der Waals surface area contributed by atoms with E-state index in [1.165, 1.54) is 0 Å². The number of rotatable bonds is 0. The minimum Gasteiger partial charge on any atom is -0.397 e. The molecule has 0 heterocycles. The molecule has 38 valence electrons. The largest absolute Gasteiger partial charge is 0.397 e. The third-order valence-electron chi connectivity index (χ3n) is 1.01. The molecule has 4 N–H and O–H groups in total. The van der Waals surface area contributed by atoms with Crippen LogP contribution in [0.25, 0.3) is 0 Å². The fraction of sp³-hybridized carbons (Fsp3) is 0.200. The molecule has 1 rings (SSSR count). The highest BCUT2D eigenvalue weighted by Gasteiger charge is 1.97. The van der Waals surface area contributed by atoms with E-state index in [1.54, 1.807) is 0 Å². The van der Waals surface area contributed by atoms with Crippen molar-refractivity contribution in [2.45, 2.75) is 6.42 Å². The average molecular weight is 96.1 g/mol. The van der Waals surface area contributed by atoms with Gasteiger partial charge in [-0.15, -0.1) is 0 Å². The summed E-state index contributed by atoms with van der Waals surface area (Å²) >= 11 is 0. The van der Waals surface area contributed by atoms with Crippen LogP contribution in [0.2, 0.25) is 0 Å². The van der Waals surface area contributed by atoms with E-state index in [0.29, 0.717) is 0 Å². The Morgan fingerprint density at radius 1 is 1.14 bits per heavy atom. The van der Waals surface area contributed by atoms with E-state index in [4.69, 9.17) is 11.5 Å². The number of allylic oxidation sites excluding steroid dienone is 2. The van der Waals surface area contributed by atoms with Crippen LogP contribution in [0.5, 0.6) is 0 Å². The van der Waals surface area contributed by atoms with Crippen LogP contribution < -0.4 is 11.5 Å². The highest BCUT2D eigenvalue weighted by molar-refractivity contribution is 5.31. The Bertz CT molecular complexity index is 117. The minimum atomic E-state index is 0.722. The van der Waals surface area contributed by atoms with Gasteiger partial charge < -0.3 is 11.5 Å². The molecule has 0 saturated heterocycles. The summed E-state index contributed by atoms with van der Waals surface area (Å²) < 4.78 is 0. The zero-order valence-electron chi connectivity index (χ0n) is 4.02. The van der Waals surface area contributed by atoms with Gasteiger partial charge in [0.2, 0.25) is 0 Å². The summed E-state index contributed by atoms with van der Waals surface area (Å²) in [5.41, 5.74) is 12.1. The molecule has 0 aromatic heterocycles. The molecule has 0 atom stereocenters. The van der Waals surface area contributed by atoms with Gasteiger partial charge in [0.1, 0.15) is 0 Å². The van der Waals surface area contributed by atoms with Crippen LogP contribution in [0.3, 0.4) is 0 Å². The lowest BCUT2D eigenvalue weighted by Crippen LogP contribution is -2.05. The Balaban J connectivity index is 2.78. The standard InChI is InChI=1S/C5H8N2/c6-4-2-1-3-5(4)7/h2-3H,1,6-7H2. The van der Waals surface area contributed by atoms with Gasteiger partial charge in [0.05, 0.1) is 11.4 Å². The average Bonchev–Trinajstić information content (AvgIpc) is 1.91. The van der Waals surface area contributed by atoms with Gasteiger partial charge in [0, 0.05) is 0 Å². The first-order valence-electron chi connectivity index (χ1n) is 2.22. The Hall–Kier alpha value is -0.920. The zero-order chi connectivity index (χ0) is 5.28. The summed E-state index contributed by atoms with van der Waals surface area (Å²) in [5, 5.41) is 0. The van der Waals surface area contributed by atoms with E-state index in [0.717, 1.165) is 17.8 Å². The van der Waals surface area contributed by atoms with Crippen molar-refractivity contribution in [2.75, 3.05) is 0 Å². The van der Waals surface area contributed by atoms with Gasteiger partial charge >= 0.3 is 0 Å². The van der Waals surface area contributed by atoms with Gasteiger partial charge in [-0.3, -0.25) is 0 Å². The second-order valence-corrected chi connectivity index (χ2v) is 1.55. The summed E-state index contributed by atoms with van der Waals surface area (Å²) in [7, 11) is 0. The fourth-order valence-corrected chi connectivity index (χ4v) is 0.549. The van der Waals surface area contributed by atoms with Crippen molar-refractivity contribution in [3.8, 4) is 0 Å². The molecular formula is C5H8N2. The SMILES string of the molecule is NC1=CCC=C1N. The van der Waals surface area contributed by atoms with Crippen LogP contribution in [0.1, 0.15) is 6.42 Å². The topological polar surface area (TPSA) is 52.0 Å². The molecule has 0 radical (unpaired) electrons. The molecule has 1 aliphatic rings. The van der Waals surface area contributed by atoms with E-state index in [2.05, 4.69) is 0 Å². The molecule has 2 heteroatoms. The molecule has 0 spiro atoms. The molecule has 0 aromatic rings. The van der Waals surface area contributed by atoms with Crippen molar-refractivity contribution < 1.29 is 0 Å². The first-order chi connectivity index (χ1) is 3.30. The normalized spacial score (nSPS) is 18.9. The molecule has 0 saturated carbocycles. The third kappa shape index (κ3) is 0.585. The molecular weight excluding hydrogens is 88.1 g/mol. The van der Waals surface area contributed by atoms with Crippen molar-refractivity contribution >= 4 is 0 Å². The highest BCUT2D eigenvalue weighted by atomic mass is 14.7. The summed E-state index contributed by atoms with van der Waals surface area (Å²) in [6.45, 7) is 0. The first-order valence-corrected chi connectivity index (χ1v) is 2.22. The van der Waals surface area contributed by atoms with Crippen LogP contribution in [0.4, 0.5) is 0 Å². The monoisotopic (exact) mass is 96.1 g/mol. The Labute approximate surface area is 42.5 Å². The maximum absolute atomic E-state index is 5.35. The van der Waals surface area contributed by atoms with Crippen molar-refractivity contribution in [2.24, 2.45) is 11.5 Å². The fourth-order valence-electron chi connectivity index (χ4n) is 0.549. The zero-order valence-corrected chi connectivity index (χ0v) is 4.02. The Morgan fingerprint density at radius 3 is 1.71 bits per heavy atom. The lowest BCUT2D eigenvalue weighted by molar-refractivity contribution is 1.28. The van der Waals surface area contributed by atoms with Gasteiger partial charge in [-0.05, 0) is 6.42 Å². The third-order valence-corrected chi connectivity index (χ3v) is 1.01. The van der Waals surface area contributed by atoms with Crippen LogP contribution in [0.15, 0.2) is 23.5 Å². The smallest absolute Gasteiger partial charge is 0.0507 e. The molecule has 0 aliphatic heterocycles. The van der Waals surface area contributed by atoms with Crippen LogP contribution in [-0.2, 0) is 0 Å². The maximum Gasteiger partial charge on any atom is 0.0507 e. The molecule has 2 nitrogen and oxygen atoms in total. The lowest BCUT2D eigenvalue weighted by atomic mass is 10.4. The van der Waals surface area contributed by atoms with E-state index < -0.39 is 0 Å². The Kier molecular flexibility index (Phi) is 0.785. The van der Waals surface area contributed by atoms with E-state index in [9.17, 15) is 0 Å². The van der Waals surface area contributed by atoms with Crippen LogP contribution >= 0.6 is 0 Å². The van der Waals surface area contributed by atoms with E-state index in [-0.39, 0.29) is 0 Å². The molecule has 0 aromatic carbocycles. The molecule has 1 aliphatic carbocycles. The van der Waals surface area contributed by atoms with Crippen molar-refractivity contribution in [3.05, 3.63) is 23.5 Å². The van der Waals surface area contributed by atoms with Crippen molar-refractivity contribution in [3.63, 3.8) is 0 Å². The van der Waals surface area contributed by atoms with Crippen LogP contribution in [0, 0.1) is 0 Å². The predicted molar refractivity (Wildman–Crippen MR) is 29.2 cm³/mol.